The normalized spacial score (nSPS) is 22.0. The van der Waals surface area contributed by atoms with E-state index in [1.165, 1.54) is 36.4 Å². The van der Waals surface area contributed by atoms with Crippen molar-refractivity contribution in [1.29, 1.82) is 0 Å². The zero-order chi connectivity index (χ0) is 21.8. The van der Waals surface area contributed by atoms with Crippen LogP contribution in [0.15, 0.2) is 46.2 Å². The smallest absolute Gasteiger partial charge is 0.294 e. The summed E-state index contributed by atoms with van der Waals surface area (Å²) in [5.74, 6) is -1.18. The van der Waals surface area contributed by atoms with Gasteiger partial charge in [-0.2, -0.15) is 16.8 Å². The standard InChI is InChI=1S/C19H22O8S2/c1-11-5-7-15(28(20,21)22)13(9-11)17-18(27-19(3,4)26-17)14-10-12(2)6-8-16(14)29(23,24)25/h5-10,17-18H,1-4H3,(H,20,21,22)(H,23,24,25)/t17-,18-/m0/s1. The average molecular weight is 443 g/mol. The van der Waals surface area contributed by atoms with Crippen LogP contribution in [0.5, 0.6) is 0 Å². The number of aryl methyl sites for hydroxylation is 2. The van der Waals surface area contributed by atoms with Gasteiger partial charge in [0.15, 0.2) is 5.79 Å². The highest BCUT2D eigenvalue weighted by Crippen LogP contribution is 2.49. The van der Waals surface area contributed by atoms with Crippen molar-refractivity contribution in [3.05, 3.63) is 58.7 Å². The average Bonchev–Trinajstić information content (AvgIpc) is 2.88. The predicted molar refractivity (Wildman–Crippen MR) is 104 cm³/mol. The molecule has 2 N–H and O–H groups in total. The number of hydrogen-bond acceptors (Lipinski definition) is 6. The molecular weight excluding hydrogens is 420 g/mol. The molecule has 1 aliphatic heterocycles. The lowest BCUT2D eigenvalue weighted by molar-refractivity contribution is -0.147. The topological polar surface area (TPSA) is 127 Å². The molecular formula is C19H22O8S2. The molecule has 1 heterocycles. The van der Waals surface area contributed by atoms with E-state index < -0.39 is 38.2 Å². The summed E-state index contributed by atoms with van der Waals surface area (Å²) in [7, 11) is -9.16. The monoisotopic (exact) mass is 442 g/mol. The van der Waals surface area contributed by atoms with Crippen LogP contribution in [0.3, 0.4) is 0 Å². The minimum absolute atomic E-state index is 0.130. The van der Waals surface area contributed by atoms with Crippen LogP contribution in [-0.2, 0) is 29.7 Å². The van der Waals surface area contributed by atoms with Crippen LogP contribution in [0.25, 0.3) is 0 Å². The van der Waals surface area contributed by atoms with E-state index in [2.05, 4.69) is 0 Å². The van der Waals surface area contributed by atoms with Crippen LogP contribution in [0.2, 0.25) is 0 Å². The Balaban J connectivity index is 2.28. The molecule has 0 aliphatic carbocycles. The SMILES string of the molecule is Cc1ccc(S(=O)(=O)O)c([C@@H]2OC(C)(C)O[C@H]2c2cc(C)ccc2S(=O)(=O)O)c1. The molecule has 0 radical (unpaired) electrons. The first kappa shape index (κ1) is 21.9. The molecule has 2 aromatic carbocycles. The molecule has 1 saturated heterocycles. The van der Waals surface area contributed by atoms with Crippen LogP contribution >= 0.6 is 0 Å². The van der Waals surface area contributed by atoms with Gasteiger partial charge in [0.05, 0.1) is 9.79 Å². The van der Waals surface area contributed by atoms with E-state index in [9.17, 15) is 25.9 Å². The van der Waals surface area contributed by atoms with Crippen molar-refractivity contribution in [1.82, 2.24) is 0 Å². The Morgan fingerprint density at radius 2 is 1.10 bits per heavy atom. The quantitative estimate of drug-likeness (QED) is 0.690. The minimum atomic E-state index is -4.58. The van der Waals surface area contributed by atoms with E-state index >= 15 is 0 Å². The summed E-state index contributed by atoms with van der Waals surface area (Å²) in [6, 6.07) is 8.64. The van der Waals surface area contributed by atoms with Crippen LogP contribution < -0.4 is 0 Å². The van der Waals surface area contributed by atoms with Gasteiger partial charge >= 0.3 is 0 Å². The van der Waals surface area contributed by atoms with Crippen molar-refractivity contribution >= 4 is 20.2 Å². The third-order valence-corrected chi connectivity index (χ3v) is 6.45. The summed E-state index contributed by atoms with van der Waals surface area (Å²) in [6.45, 7) is 6.69. The van der Waals surface area contributed by atoms with Gasteiger partial charge in [-0.15, -0.1) is 0 Å². The first-order valence-corrected chi connectivity index (χ1v) is 11.6. The molecule has 1 fully saturated rings. The lowest BCUT2D eigenvalue weighted by Gasteiger charge is -2.22. The molecule has 0 amide bonds. The number of ether oxygens (including phenoxy) is 2. The molecule has 0 bridgehead atoms. The highest BCUT2D eigenvalue weighted by atomic mass is 32.2. The van der Waals surface area contributed by atoms with Gasteiger partial charge in [-0.3, -0.25) is 9.11 Å². The third-order valence-electron chi connectivity index (χ3n) is 4.60. The summed E-state index contributed by atoms with van der Waals surface area (Å²) in [5.41, 5.74) is 1.68. The van der Waals surface area contributed by atoms with Gasteiger partial charge in [0.2, 0.25) is 0 Å². The van der Waals surface area contributed by atoms with Crippen molar-refractivity contribution in [2.45, 2.75) is 55.5 Å². The van der Waals surface area contributed by atoms with Gasteiger partial charge in [0, 0.05) is 11.1 Å². The van der Waals surface area contributed by atoms with Crippen molar-refractivity contribution in [2.24, 2.45) is 0 Å². The fourth-order valence-electron chi connectivity index (χ4n) is 3.47. The molecule has 3 rings (SSSR count). The fourth-order valence-corrected chi connectivity index (χ4v) is 4.89. The van der Waals surface area contributed by atoms with Gasteiger partial charge < -0.3 is 9.47 Å². The highest BCUT2D eigenvalue weighted by Gasteiger charge is 2.46. The lowest BCUT2D eigenvalue weighted by atomic mass is 9.96. The van der Waals surface area contributed by atoms with E-state index in [4.69, 9.17) is 9.47 Å². The summed E-state index contributed by atoms with van der Waals surface area (Å²) >= 11 is 0. The number of benzene rings is 2. The first-order valence-electron chi connectivity index (χ1n) is 8.71. The Bertz CT molecular complexity index is 1080. The van der Waals surface area contributed by atoms with E-state index in [1.807, 2.05) is 0 Å². The predicted octanol–water partition coefficient (Wildman–Crippen LogP) is 3.36. The van der Waals surface area contributed by atoms with Crippen LogP contribution in [0, 0.1) is 13.8 Å². The van der Waals surface area contributed by atoms with E-state index in [-0.39, 0.29) is 20.9 Å². The Morgan fingerprint density at radius 3 is 1.41 bits per heavy atom. The highest BCUT2D eigenvalue weighted by molar-refractivity contribution is 7.86. The molecule has 1 aliphatic rings. The van der Waals surface area contributed by atoms with Gasteiger partial charge in [0.1, 0.15) is 12.2 Å². The van der Waals surface area contributed by atoms with Crippen molar-refractivity contribution in [3.63, 3.8) is 0 Å². The maximum atomic E-state index is 11.9. The Kier molecular flexibility index (Phi) is 5.39. The molecule has 29 heavy (non-hydrogen) atoms. The van der Waals surface area contributed by atoms with Gasteiger partial charge in [-0.1, -0.05) is 35.4 Å². The van der Waals surface area contributed by atoms with Crippen LogP contribution in [-0.4, -0.2) is 31.7 Å². The molecule has 10 heteroatoms. The van der Waals surface area contributed by atoms with Crippen LogP contribution in [0.1, 0.15) is 48.3 Å². The zero-order valence-corrected chi connectivity index (χ0v) is 17.9. The Morgan fingerprint density at radius 1 is 0.759 bits per heavy atom. The molecule has 0 spiro atoms. The first-order chi connectivity index (χ1) is 13.2. The molecule has 0 saturated carbocycles. The minimum Gasteiger partial charge on any atom is -0.339 e. The fraction of sp³-hybridized carbons (Fsp3) is 0.368. The molecule has 8 nitrogen and oxygen atoms in total. The van der Waals surface area contributed by atoms with E-state index in [0.29, 0.717) is 11.1 Å². The third kappa shape index (κ3) is 4.52. The molecule has 2 aromatic rings. The summed E-state index contributed by atoms with van der Waals surface area (Å²) in [6.07, 6.45) is -2.10. The molecule has 2 atom stereocenters. The maximum Gasteiger partial charge on any atom is 0.294 e. The van der Waals surface area contributed by atoms with E-state index in [1.54, 1.807) is 27.7 Å². The van der Waals surface area contributed by atoms with Gasteiger partial charge in [-0.25, -0.2) is 0 Å². The number of rotatable bonds is 4. The van der Waals surface area contributed by atoms with Crippen molar-refractivity contribution in [2.75, 3.05) is 0 Å². The summed E-state index contributed by atoms with van der Waals surface area (Å²) < 4.78 is 78.9. The second-order valence-electron chi connectivity index (χ2n) is 7.51. The molecule has 0 unspecified atom stereocenters. The maximum absolute atomic E-state index is 11.9. The van der Waals surface area contributed by atoms with E-state index in [0.717, 1.165) is 0 Å². The summed E-state index contributed by atoms with van der Waals surface area (Å²) in [4.78, 5) is -0.721. The largest absolute Gasteiger partial charge is 0.339 e. The van der Waals surface area contributed by atoms with Gasteiger partial charge in [0.25, 0.3) is 20.2 Å². The second-order valence-corrected chi connectivity index (χ2v) is 10.3. The molecule has 158 valence electrons. The van der Waals surface area contributed by atoms with Crippen molar-refractivity contribution < 1.29 is 35.4 Å². The van der Waals surface area contributed by atoms with Crippen LogP contribution in [0.4, 0.5) is 0 Å². The Labute approximate surface area is 170 Å². The van der Waals surface area contributed by atoms with Gasteiger partial charge in [-0.05, 0) is 39.8 Å². The molecule has 0 aromatic heterocycles. The lowest BCUT2D eigenvalue weighted by Crippen LogP contribution is -2.20. The number of hydrogen-bond donors (Lipinski definition) is 2. The zero-order valence-electron chi connectivity index (χ0n) is 16.3. The second kappa shape index (κ2) is 7.15. The van der Waals surface area contributed by atoms with Crippen molar-refractivity contribution in [3.8, 4) is 0 Å². The summed E-state index contributed by atoms with van der Waals surface area (Å²) in [5, 5.41) is 0. The Hall–Kier alpha value is -1.82.